The summed E-state index contributed by atoms with van der Waals surface area (Å²) in [6.45, 7) is 1.97. The van der Waals surface area contributed by atoms with Crippen molar-refractivity contribution in [3.63, 3.8) is 0 Å². The summed E-state index contributed by atoms with van der Waals surface area (Å²) in [6.07, 6.45) is 2.69. The van der Waals surface area contributed by atoms with Crippen molar-refractivity contribution in [3.05, 3.63) is 38.3 Å². The van der Waals surface area contributed by atoms with Crippen molar-refractivity contribution < 1.29 is 13.2 Å². The summed E-state index contributed by atoms with van der Waals surface area (Å²) in [6, 6.07) is 4.74. The van der Waals surface area contributed by atoms with Gasteiger partial charge in [-0.3, -0.25) is 0 Å². The number of ether oxygens (including phenoxy) is 1. The highest BCUT2D eigenvalue weighted by molar-refractivity contribution is 9.10. The van der Waals surface area contributed by atoms with Gasteiger partial charge in [-0.1, -0.05) is 15.9 Å². The number of benzene rings is 1. The maximum Gasteiger partial charge on any atom is 0.243 e. The Labute approximate surface area is 154 Å². The minimum absolute atomic E-state index is 0.157. The molecule has 2 aromatic rings. The van der Waals surface area contributed by atoms with Crippen molar-refractivity contribution >= 4 is 37.3 Å². The van der Waals surface area contributed by atoms with E-state index in [4.69, 9.17) is 4.74 Å². The number of aromatic nitrogens is 1. The number of sulfonamides is 1. The molecule has 8 heteroatoms. The second-order valence-electron chi connectivity index (χ2n) is 5.80. The largest absolute Gasteiger partial charge is 0.497 e. The van der Waals surface area contributed by atoms with E-state index in [9.17, 15) is 8.42 Å². The molecule has 3 rings (SSSR count). The highest BCUT2D eigenvalue weighted by Gasteiger charge is 2.34. The van der Waals surface area contributed by atoms with Gasteiger partial charge in [0.25, 0.3) is 0 Å². The van der Waals surface area contributed by atoms with Crippen molar-refractivity contribution in [2.24, 2.45) is 0 Å². The first-order chi connectivity index (χ1) is 11.3. The van der Waals surface area contributed by atoms with E-state index in [0.717, 1.165) is 34.8 Å². The third-order valence-electron chi connectivity index (χ3n) is 4.22. The molecule has 1 aromatic heterocycles. The number of rotatable bonds is 4. The van der Waals surface area contributed by atoms with Gasteiger partial charge in [0, 0.05) is 22.5 Å². The number of aryl methyl sites for hydroxylation is 2. The van der Waals surface area contributed by atoms with Crippen LogP contribution in [-0.2, 0) is 16.4 Å². The quantitative estimate of drug-likeness (QED) is 0.737. The van der Waals surface area contributed by atoms with Gasteiger partial charge in [-0.15, -0.1) is 11.3 Å². The highest BCUT2D eigenvalue weighted by Crippen LogP contribution is 2.40. The molecule has 1 atom stereocenters. The number of nitrogens with zero attached hydrogens (tertiary/aromatic N) is 2. The van der Waals surface area contributed by atoms with E-state index in [1.807, 2.05) is 6.92 Å². The molecular weight excluding hydrogens is 412 g/mol. The first-order valence-electron chi connectivity index (χ1n) is 7.61. The molecule has 0 N–H and O–H groups in total. The summed E-state index contributed by atoms with van der Waals surface area (Å²) in [4.78, 5) is 5.85. The van der Waals surface area contributed by atoms with Gasteiger partial charge < -0.3 is 4.74 Å². The van der Waals surface area contributed by atoms with Gasteiger partial charge in [-0.25, -0.2) is 13.4 Å². The van der Waals surface area contributed by atoms with E-state index >= 15 is 0 Å². The van der Waals surface area contributed by atoms with E-state index in [-0.39, 0.29) is 10.9 Å². The Hall–Kier alpha value is -0.960. The van der Waals surface area contributed by atoms with Crippen LogP contribution < -0.4 is 4.74 Å². The van der Waals surface area contributed by atoms with Crippen LogP contribution in [0.1, 0.15) is 34.5 Å². The van der Waals surface area contributed by atoms with Gasteiger partial charge >= 0.3 is 0 Å². The number of hydrogen-bond acceptors (Lipinski definition) is 5. The van der Waals surface area contributed by atoms with Crippen molar-refractivity contribution in [2.75, 3.05) is 14.2 Å². The summed E-state index contributed by atoms with van der Waals surface area (Å²) in [5, 5.41) is 0.988. The zero-order valence-electron chi connectivity index (χ0n) is 13.7. The molecule has 1 heterocycles. The predicted octanol–water partition coefficient (Wildman–Crippen LogP) is 3.92. The normalized spacial score (nSPS) is 17.8. The minimum Gasteiger partial charge on any atom is -0.497 e. The van der Waals surface area contributed by atoms with Gasteiger partial charge in [-0.2, -0.15) is 4.31 Å². The van der Waals surface area contributed by atoms with Crippen LogP contribution >= 0.6 is 27.3 Å². The smallest absolute Gasteiger partial charge is 0.243 e. The molecule has 1 aliphatic rings. The molecule has 130 valence electrons. The first kappa shape index (κ1) is 17.8. The summed E-state index contributed by atoms with van der Waals surface area (Å²) < 4.78 is 33.5. The topological polar surface area (TPSA) is 59.5 Å². The number of thiazole rings is 1. The molecule has 0 bridgehead atoms. The van der Waals surface area contributed by atoms with E-state index in [1.54, 1.807) is 36.6 Å². The van der Waals surface area contributed by atoms with Crippen LogP contribution in [0.25, 0.3) is 0 Å². The lowest BCUT2D eigenvalue weighted by Crippen LogP contribution is -2.32. The Morgan fingerprint density at radius 3 is 2.83 bits per heavy atom. The van der Waals surface area contributed by atoms with Gasteiger partial charge in [0.2, 0.25) is 10.0 Å². The number of fused-ring (bicyclic) bond motifs is 1. The molecule has 0 fully saturated rings. The standard InChI is InChI=1S/C16H19BrN2O3S2/c1-10-18-14-5-4-6-15(16(14)23-10)19(2)24(20,21)13-8-11(17)7-12(9-13)22-3/h7-9,15H,4-6H2,1-3H3. The lowest BCUT2D eigenvalue weighted by Gasteiger charge is -2.30. The molecule has 0 aliphatic heterocycles. The zero-order valence-corrected chi connectivity index (χ0v) is 17.0. The van der Waals surface area contributed by atoms with Crippen molar-refractivity contribution in [3.8, 4) is 5.75 Å². The van der Waals surface area contributed by atoms with Crippen LogP contribution in [0.5, 0.6) is 5.75 Å². The number of halogens is 1. The Bertz CT molecular complexity index is 864. The van der Waals surface area contributed by atoms with Crippen LogP contribution in [-0.4, -0.2) is 31.9 Å². The average molecular weight is 431 g/mol. The molecule has 0 amide bonds. The Balaban J connectivity index is 2.00. The fourth-order valence-electron chi connectivity index (χ4n) is 3.00. The molecule has 24 heavy (non-hydrogen) atoms. The summed E-state index contributed by atoms with van der Waals surface area (Å²) in [5.41, 5.74) is 1.04. The molecule has 0 saturated carbocycles. The monoisotopic (exact) mass is 430 g/mol. The number of hydrogen-bond donors (Lipinski definition) is 0. The Morgan fingerprint density at radius 2 is 2.12 bits per heavy atom. The molecule has 1 aromatic carbocycles. The van der Waals surface area contributed by atoms with Gasteiger partial charge in [0.1, 0.15) is 5.75 Å². The molecular formula is C16H19BrN2O3S2. The first-order valence-corrected chi connectivity index (χ1v) is 10.7. The second kappa shape index (κ2) is 6.74. The molecule has 5 nitrogen and oxygen atoms in total. The van der Waals surface area contributed by atoms with Crippen LogP contribution in [0.2, 0.25) is 0 Å². The van der Waals surface area contributed by atoms with E-state index in [0.29, 0.717) is 10.2 Å². The third-order valence-corrected chi connectivity index (χ3v) is 7.64. The Kier molecular flexibility index (Phi) is 5.01. The molecule has 1 unspecified atom stereocenters. The molecule has 0 spiro atoms. The van der Waals surface area contributed by atoms with Gasteiger partial charge in [-0.05, 0) is 38.3 Å². The zero-order chi connectivity index (χ0) is 17.5. The molecule has 0 saturated heterocycles. The Morgan fingerprint density at radius 1 is 1.38 bits per heavy atom. The maximum atomic E-state index is 13.1. The van der Waals surface area contributed by atoms with Crippen LogP contribution in [0.3, 0.4) is 0 Å². The fourth-order valence-corrected chi connectivity index (χ4v) is 6.27. The minimum atomic E-state index is -3.62. The summed E-state index contributed by atoms with van der Waals surface area (Å²) in [7, 11) is -0.451. The fraction of sp³-hybridized carbons (Fsp3) is 0.438. The molecule has 0 radical (unpaired) electrons. The lowest BCUT2D eigenvalue weighted by atomic mass is 9.98. The van der Waals surface area contributed by atoms with Gasteiger partial charge in [0.05, 0.1) is 28.7 Å². The van der Waals surface area contributed by atoms with E-state index in [2.05, 4.69) is 20.9 Å². The van der Waals surface area contributed by atoms with E-state index in [1.165, 1.54) is 11.4 Å². The molecule has 1 aliphatic carbocycles. The summed E-state index contributed by atoms with van der Waals surface area (Å²) in [5.74, 6) is 0.509. The van der Waals surface area contributed by atoms with Crippen LogP contribution in [0.15, 0.2) is 27.6 Å². The van der Waals surface area contributed by atoms with Crippen LogP contribution in [0, 0.1) is 6.92 Å². The van der Waals surface area contributed by atoms with Crippen molar-refractivity contribution in [2.45, 2.75) is 37.1 Å². The van der Waals surface area contributed by atoms with Gasteiger partial charge in [0.15, 0.2) is 0 Å². The van der Waals surface area contributed by atoms with Crippen molar-refractivity contribution in [1.82, 2.24) is 9.29 Å². The third kappa shape index (κ3) is 3.24. The maximum absolute atomic E-state index is 13.1. The highest BCUT2D eigenvalue weighted by atomic mass is 79.9. The second-order valence-corrected chi connectivity index (χ2v) is 9.95. The van der Waals surface area contributed by atoms with Crippen molar-refractivity contribution in [1.29, 1.82) is 0 Å². The SMILES string of the molecule is COc1cc(Br)cc(S(=O)(=O)N(C)C2CCCc3nc(C)sc32)c1. The van der Waals surface area contributed by atoms with Crippen LogP contribution in [0.4, 0.5) is 0 Å². The number of methoxy groups -OCH3 is 1. The van der Waals surface area contributed by atoms with E-state index < -0.39 is 10.0 Å². The lowest BCUT2D eigenvalue weighted by molar-refractivity contribution is 0.341. The predicted molar refractivity (Wildman–Crippen MR) is 98.2 cm³/mol. The average Bonchev–Trinajstić information content (AvgIpc) is 2.93. The summed E-state index contributed by atoms with van der Waals surface area (Å²) >= 11 is 4.95.